The Bertz CT molecular complexity index is 542. The smallest absolute Gasteiger partial charge is 0.123 e. The van der Waals surface area contributed by atoms with Crippen molar-refractivity contribution < 1.29 is 4.39 Å². The minimum absolute atomic E-state index is 0.176. The average molecular weight is 286 g/mol. The SMILES string of the molecule is CNC(CCN(C)Cc1ccccc1)c1cccc(F)c1. The molecule has 0 fully saturated rings. The third-order valence-electron chi connectivity index (χ3n) is 3.69. The summed E-state index contributed by atoms with van der Waals surface area (Å²) < 4.78 is 13.3. The summed E-state index contributed by atoms with van der Waals surface area (Å²) in [6.45, 7) is 1.89. The predicted octanol–water partition coefficient (Wildman–Crippen LogP) is 3.61. The van der Waals surface area contributed by atoms with E-state index in [2.05, 4.69) is 41.5 Å². The van der Waals surface area contributed by atoms with Gasteiger partial charge >= 0.3 is 0 Å². The zero-order valence-corrected chi connectivity index (χ0v) is 12.7. The van der Waals surface area contributed by atoms with Gasteiger partial charge in [-0.2, -0.15) is 0 Å². The third-order valence-corrected chi connectivity index (χ3v) is 3.69. The molecule has 0 amide bonds. The Labute approximate surface area is 126 Å². The van der Waals surface area contributed by atoms with Crippen LogP contribution in [0.4, 0.5) is 4.39 Å². The van der Waals surface area contributed by atoms with Crippen molar-refractivity contribution in [2.45, 2.75) is 19.0 Å². The zero-order valence-electron chi connectivity index (χ0n) is 12.7. The lowest BCUT2D eigenvalue weighted by Crippen LogP contribution is -2.25. The Morgan fingerprint density at radius 3 is 2.52 bits per heavy atom. The van der Waals surface area contributed by atoms with E-state index in [1.165, 1.54) is 11.6 Å². The number of rotatable bonds is 7. The van der Waals surface area contributed by atoms with E-state index in [0.717, 1.165) is 25.1 Å². The van der Waals surface area contributed by atoms with E-state index in [-0.39, 0.29) is 11.9 Å². The molecule has 2 aromatic rings. The maximum atomic E-state index is 13.3. The van der Waals surface area contributed by atoms with Crippen LogP contribution in [-0.2, 0) is 6.54 Å². The highest BCUT2D eigenvalue weighted by Gasteiger charge is 2.11. The molecular weight excluding hydrogens is 263 g/mol. The summed E-state index contributed by atoms with van der Waals surface area (Å²) in [5, 5.41) is 3.27. The molecule has 0 aliphatic carbocycles. The number of nitrogens with one attached hydrogen (secondary N) is 1. The van der Waals surface area contributed by atoms with Crippen LogP contribution in [0.25, 0.3) is 0 Å². The molecule has 2 aromatic carbocycles. The lowest BCUT2D eigenvalue weighted by Gasteiger charge is -2.22. The van der Waals surface area contributed by atoms with Crippen LogP contribution in [0.3, 0.4) is 0 Å². The molecule has 1 atom stereocenters. The van der Waals surface area contributed by atoms with Crippen LogP contribution in [0.5, 0.6) is 0 Å². The molecule has 21 heavy (non-hydrogen) atoms. The highest BCUT2D eigenvalue weighted by atomic mass is 19.1. The van der Waals surface area contributed by atoms with Gasteiger partial charge in [0.15, 0.2) is 0 Å². The van der Waals surface area contributed by atoms with Crippen LogP contribution in [0.15, 0.2) is 54.6 Å². The van der Waals surface area contributed by atoms with Crippen LogP contribution in [-0.4, -0.2) is 25.5 Å². The van der Waals surface area contributed by atoms with Crippen molar-refractivity contribution in [3.8, 4) is 0 Å². The normalized spacial score (nSPS) is 12.6. The van der Waals surface area contributed by atoms with Gasteiger partial charge in [0.2, 0.25) is 0 Å². The van der Waals surface area contributed by atoms with E-state index in [1.807, 2.05) is 19.2 Å². The molecule has 2 rings (SSSR count). The topological polar surface area (TPSA) is 15.3 Å². The molecule has 0 heterocycles. The van der Waals surface area contributed by atoms with Crippen molar-refractivity contribution in [2.75, 3.05) is 20.6 Å². The first-order chi connectivity index (χ1) is 10.2. The fourth-order valence-corrected chi connectivity index (χ4v) is 2.52. The molecule has 0 aliphatic heterocycles. The van der Waals surface area contributed by atoms with E-state index in [9.17, 15) is 4.39 Å². The van der Waals surface area contributed by atoms with Crippen LogP contribution < -0.4 is 5.32 Å². The minimum atomic E-state index is -0.176. The highest BCUT2D eigenvalue weighted by Crippen LogP contribution is 2.18. The largest absolute Gasteiger partial charge is 0.313 e. The quantitative estimate of drug-likeness (QED) is 0.836. The van der Waals surface area contributed by atoms with E-state index in [1.54, 1.807) is 12.1 Å². The minimum Gasteiger partial charge on any atom is -0.313 e. The van der Waals surface area contributed by atoms with Gasteiger partial charge in [-0.3, -0.25) is 0 Å². The van der Waals surface area contributed by atoms with Crippen molar-refractivity contribution in [1.82, 2.24) is 10.2 Å². The Morgan fingerprint density at radius 1 is 1.10 bits per heavy atom. The monoisotopic (exact) mass is 286 g/mol. The molecule has 112 valence electrons. The summed E-state index contributed by atoms with van der Waals surface area (Å²) in [6, 6.07) is 17.4. The molecule has 0 bridgehead atoms. The first kappa shape index (κ1) is 15.7. The number of benzene rings is 2. The number of hydrogen-bond acceptors (Lipinski definition) is 2. The van der Waals surface area contributed by atoms with E-state index in [0.29, 0.717) is 0 Å². The molecule has 0 aromatic heterocycles. The molecular formula is C18H23FN2. The summed E-state index contributed by atoms with van der Waals surface area (Å²) in [7, 11) is 4.04. The second-order valence-electron chi connectivity index (χ2n) is 5.41. The van der Waals surface area contributed by atoms with E-state index in [4.69, 9.17) is 0 Å². The Kier molecular flexibility index (Phi) is 5.90. The second-order valence-corrected chi connectivity index (χ2v) is 5.41. The first-order valence-corrected chi connectivity index (χ1v) is 7.34. The van der Waals surface area contributed by atoms with Crippen LogP contribution in [0.2, 0.25) is 0 Å². The molecule has 3 heteroatoms. The summed E-state index contributed by atoms with van der Waals surface area (Å²) in [5.74, 6) is -0.176. The summed E-state index contributed by atoms with van der Waals surface area (Å²) in [6.07, 6.45) is 0.948. The maximum Gasteiger partial charge on any atom is 0.123 e. The van der Waals surface area contributed by atoms with Gasteiger partial charge in [-0.05, 0) is 50.3 Å². The average Bonchev–Trinajstić information content (AvgIpc) is 2.49. The third kappa shape index (κ3) is 4.96. The summed E-state index contributed by atoms with van der Waals surface area (Å²) >= 11 is 0. The molecule has 0 spiro atoms. The summed E-state index contributed by atoms with van der Waals surface area (Å²) in [4.78, 5) is 2.29. The fraction of sp³-hybridized carbons (Fsp3) is 0.333. The molecule has 0 radical (unpaired) electrons. The van der Waals surface area contributed by atoms with Gasteiger partial charge in [0, 0.05) is 12.6 Å². The van der Waals surface area contributed by atoms with Gasteiger partial charge in [-0.15, -0.1) is 0 Å². The van der Waals surface area contributed by atoms with Gasteiger partial charge in [0.25, 0.3) is 0 Å². The lowest BCUT2D eigenvalue weighted by molar-refractivity contribution is 0.304. The van der Waals surface area contributed by atoms with E-state index < -0.39 is 0 Å². The van der Waals surface area contributed by atoms with Crippen LogP contribution >= 0.6 is 0 Å². The number of hydrogen-bond donors (Lipinski definition) is 1. The van der Waals surface area contributed by atoms with E-state index >= 15 is 0 Å². The molecule has 0 aliphatic rings. The molecule has 0 saturated heterocycles. The Hall–Kier alpha value is -1.71. The molecule has 2 nitrogen and oxygen atoms in total. The Morgan fingerprint density at radius 2 is 1.86 bits per heavy atom. The first-order valence-electron chi connectivity index (χ1n) is 7.34. The molecule has 0 saturated carbocycles. The van der Waals surface area contributed by atoms with Crippen molar-refractivity contribution in [1.29, 1.82) is 0 Å². The summed E-state index contributed by atoms with van der Waals surface area (Å²) in [5.41, 5.74) is 2.32. The van der Waals surface area contributed by atoms with Crippen LogP contribution in [0.1, 0.15) is 23.6 Å². The van der Waals surface area contributed by atoms with Gasteiger partial charge in [0.05, 0.1) is 0 Å². The van der Waals surface area contributed by atoms with Crippen LogP contribution in [0, 0.1) is 5.82 Å². The molecule has 1 N–H and O–H groups in total. The lowest BCUT2D eigenvalue weighted by atomic mass is 10.0. The predicted molar refractivity (Wildman–Crippen MR) is 85.6 cm³/mol. The van der Waals surface area contributed by atoms with Crippen molar-refractivity contribution in [3.63, 3.8) is 0 Å². The van der Waals surface area contributed by atoms with Gasteiger partial charge in [0.1, 0.15) is 5.82 Å². The number of halogens is 1. The fourth-order valence-electron chi connectivity index (χ4n) is 2.52. The van der Waals surface area contributed by atoms with Crippen molar-refractivity contribution in [3.05, 3.63) is 71.5 Å². The van der Waals surface area contributed by atoms with Crippen molar-refractivity contribution in [2.24, 2.45) is 0 Å². The van der Waals surface area contributed by atoms with Gasteiger partial charge in [-0.1, -0.05) is 42.5 Å². The number of nitrogens with zero attached hydrogens (tertiary/aromatic N) is 1. The maximum absolute atomic E-state index is 13.3. The standard InChI is InChI=1S/C18H23FN2/c1-20-18(16-9-6-10-17(19)13-16)11-12-21(2)14-15-7-4-3-5-8-15/h3-10,13,18,20H,11-12,14H2,1-2H3. The van der Waals surface area contributed by atoms with Crippen molar-refractivity contribution >= 4 is 0 Å². The molecule has 1 unspecified atom stereocenters. The van der Waals surface area contributed by atoms with Gasteiger partial charge < -0.3 is 10.2 Å². The van der Waals surface area contributed by atoms with Gasteiger partial charge in [-0.25, -0.2) is 4.39 Å². The Balaban J connectivity index is 1.88. The highest BCUT2D eigenvalue weighted by molar-refractivity contribution is 5.20. The zero-order chi connectivity index (χ0) is 15.1. The second kappa shape index (κ2) is 7.91.